The summed E-state index contributed by atoms with van der Waals surface area (Å²) in [4.78, 5) is 0. The lowest BCUT2D eigenvalue weighted by atomic mass is 10.0. The Hall–Kier alpha value is -0.200. The number of hydrogen-bond donors (Lipinski definition) is 5. The van der Waals surface area contributed by atoms with Crippen molar-refractivity contribution in [2.24, 2.45) is 0 Å². The Balaban J connectivity index is -0.000000364. The highest BCUT2D eigenvalue weighted by Gasteiger charge is 1.96. The van der Waals surface area contributed by atoms with E-state index in [2.05, 4.69) is 13.8 Å². The molecule has 15 N–H and O–H groups in total. The maximum atomic E-state index is 2.30. The van der Waals surface area contributed by atoms with Crippen LogP contribution in [0.5, 0.6) is 0 Å². The van der Waals surface area contributed by atoms with Crippen LogP contribution in [0, 0.1) is 0 Å². The van der Waals surface area contributed by atoms with E-state index in [-0.39, 0.29) is 30.8 Å². The summed E-state index contributed by atoms with van der Waals surface area (Å²) in [5.74, 6) is 0. The predicted octanol–water partition coefficient (Wildman–Crippen LogP) is 12.0. The first-order chi connectivity index (χ1) is 13.9. The summed E-state index contributed by atoms with van der Waals surface area (Å²) in [5.41, 5.74) is 0. The van der Waals surface area contributed by atoms with Gasteiger partial charge in [0.25, 0.3) is 0 Å². The van der Waals surface area contributed by atoms with Gasteiger partial charge >= 0.3 is 0 Å². The van der Waals surface area contributed by atoms with Crippen LogP contribution in [0.4, 0.5) is 0 Å². The Bertz CT molecular complexity index is 239. The predicted molar refractivity (Wildman–Crippen MR) is 157 cm³/mol. The first-order valence-corrected chi connectivity index (χ1v) is 13.9. The topological polar surface area (TPSA) is 175 Å². The van der Waals surface area contributed by atoms with Crippen LogP contribution in [0.15, 0.2) is 0 Å². The first-order valence-electron chi connectivity index (χ1n) is 13.9. The van der Waals surface area contributed by atoms with Crippen LogP contribution in [0.25, 0.3) is 0 Å². The molecule has 5 nitrogen and oxygen atoms in total. The van der Waals surface area contributed by atoms with Gasteiger partial charge in [-0.05, 0) is 0 Å². The van der Waals surface area contributed by atoms with E-state index in [1.807, 2.05) is 0 Å². The van der Waals surface area contributed by atoms with Gasteiger partial charge in [-0.15, -0.1) is 0 Å². The highest BCUT2D eigenvalue weighted by atomic mass is 14.0. The van der Waals surface area contributed by atoms with E-state index in [9.17, 15) is 0 Å². The van der Waals surface area contributed by atoms with Gasteiger partial charge in [0, 0.05) is 0 Å². The zero-order chi connectivity index (χ0) is 20.4. The molecular formula is C28H73N5. The average molecular weight is 480 g/mol. The molecule has 0 saturated carbocycles. The molecule has 0 rings (SSSR count). The number of hydrogen-bond acceptors (Lipinski definition) is 5. The maximum Gasteiger partial charge on any atom is -0.0533 e. The van der Waals surface area contributed by atoms with Gasteiger partial charge in [0.2, 0.25) is 0 Å². The van der Waals surface area contributed by atoms with E-state index >= 15 is 0 Å². The van der Waals surface area contributed by atoms with Crippen LogP contribution in [-0.4, -0.2) is 0 Å². The summed E-state index contributed by atoms with van der Waals surface area (Å²) in [7, 11) is 0. The SMILES string of the molecule is CCCCCCCCCCCCCCCCCCCCCCCCCCCC.N.N.N.N.N. The molecule has 0 atom stereocenters. The lowest BCUT2D eigenvalue weighted by Crippen LogP contribution is -1.84. The molecule has 0 amide bonds. The normalized spacial score (nSPS) is 9.64. The highest BCUT2D eigenvalue weighted by molar-refractivity contribution is 4.51. The molecule has 0 aromatic carbocycles. The minimum Gasteiger partial charge on any atom is -0.344 e. The fraction of sp³-hybridized carbons (Fsp3) is 1.00. The zero-order valence-corrected chi connectivity index (χ0v) is 23.9. The summed E-state index contributed by atoms with van der Waals surface area (Å²) < 4.78 is 0. The van der Waals surface area contributed by atoms with Gasteiger partial charge in [0.15, 0.2) is 0 Å². The van der Waals surface area contributed by atoms with Gasteiger partial charge in [-0.2, -0.15) is 0 Å². The Labute approximate surface area is 211 Å². The fourth-order valence-electron chi connectivity index (χ4n) is 4.39. The molecule has 0 saturated heterocycles. The minimum absolute atomic E-state index is 0. The lowest BCUT2D eigenvalue weighted by molar-refractivity contribution is 0.516. The van der Waals surface area contributed by atoms with Crippen molar-refractivity contribution in [3.05, 3.63) is 0 Å². The van der Waals surface area contributed by atoms with E-state index in [1.165, 1.54) is 167 Å². The van der Waals surface area contributed by atoms with Crippen molar-refractivity contribution in [2.45, 2.75) is 181 Å². The third-order valence-electron chi connectivity index (χ3n) is 6.46. The molecule has 5 heteroatoms. The van der Waals surface area contributed by atoms with E-state index in [0.29, 0.717) is 0 Å². The second-order valence-electron chi connectivity index (χ2n) is 9.49. The second-order valence-corrected chi connectivity index (χ2v) is 9.49. The van der Waals surface area contributed by atoms with Gasteiger partial charge in [-0.3, -0.25) is 0 Å². The van der Waals surface area contributed by atoms with Gasteiger partial charge in [0.05, 0.1) is 0 Å². The number of unbranched alkanes of at least 4 members (excludes halogenated alkanes) is 25. The molecule has 0 spiro atoms. The van der Waals surface area contributed by atoms with Crippen LogP contribution >= 0.6 is 0 Å². The Kier molecular flexibility index (Phi) is 63.4. The lowest BCUT2D eigenvalue weighted by Gasteiger charge is -2.04. The van der Waals surface area contributed by atoms with Crippen LogP contribution in [-0.2, 0) is 0 Å². The maximum absolute atomic E-state index is 2.30. The molecule has 0 radical (unpaired) electrons. The third-order valence-corrected chi connectivity index (χ3v) is 6.46. The summed E-state index contributed by atoms with van der Waals surface area (Å²) in [6.45, 7) is 4.61. The van der Waals surface area contributed by atoms with Crippen LogP contribution in [0.1, 0.15) is 181 Å². The van der Waals surface area contributed by atoms with E-state index < -0.39 is 0 Å². The summed E-state index contributed by atoms with van der Waals surface area (Å²) in [5, 5.41) is 0. The van der Waals surface area contributed by atoms with Crippen molar-refractivity contribution in [3.63, 3.8) is 0 Å². The molecule has 0 aliphatic carbocycles. The van der Waals surface area contributed by atoms with Gasteiger partial charge in [0.1, 0.15) is 0 Å². The van der Waals surface area contributed by atoms with Gasteiger partial charge < -0.3 is 30.8 Å². The molecule has 0 bridgehead atoms. The summed E-state index contributed by atoms with van der Waals surface area (Å²) in [6.07, 6.45) is 38.4. The zero-order valence-electron chi connectivity index (χ0n) is 23.9. The number of rotatable bonds is 25. The van der Waals surface area contributed by atoms with E-state index in [4.69, 9.17) is 0 Å². The van der Waals surface area contributed by atoms with Crippen molar-refractivity contribution in [3.8, 4) is 0 Å². The quantitative estimate of drug-likeness (QED) is 0.0815. The fourth-order valence-corrected chi connectivity index (χ4v) is 4.39. The van der Waals surface area contributed by atoms with Crippen LogP contribution < -0.4 is 30.8 Å². The molecule has 0 aromatic rings. The average Bonchev–Trinajstić information content (AvgIpc) is 2.71. The van der Waals surface area contributed by atoms with Crippen LogP contribution in [0.2, 0.25) is 0 Å². The Morgan fingerprint density at radius 2 is 0.273 bits per heavy atom. The van der Waals surface area contributed by atoms with Gasteiger partial charge in [-0.25, -0.2) is 0 Å². The molecular weight excluding hydrogens is 406 g/mol. The smallest absolute Gasteiger partial charge is 0.0533 e. The molecule has 0 unspecified atom stereocenters. The largest absolute Gasteiger partial charge is 0.344 e. The Morgan fingerprint density at radius 1 is 0.182 bits per heavy atom. The molecule has 0 aromatic heterocycles. The van der Waals surface area contributed by atoms with Crippen molar-refractivity contribution < 1.29 is 0 Å². The molecule has 0 heterocycles. The standard InChI is InChI=1S/C28H58.5H3N/c1-3-5-7-9-11-13-15-17-19-21-23-25-27-28-26-24-22-20-18-16-14-12-10-8-6-4-2;;;;;/h3-28H2,1-2H3;5*1H3. The first kappa shape index (κ1) is 46.2. The molecule has 0 fully saturated rings. The Morgan fingerprint density at radius 3 is 0.364 bits per heavy atom. The van der Waals surface area contributed by atoms with Crippen molar-refractivity contribution in [2.75, 3.05) is 0 Å². The van der Waals surface area contributed by atoms with E-state index in [1.54, 1.807) is 0 Å². The summed E-state index contributed by atoms with van der Waals surface area (Å²) in [6, 6.07) is 0. The van der Waals surface area contributed by atoms with Crippen molar-refractivity contribution >= 4 is 0 Å². The van der Waals surface area contributed by atoms with E-state index in [0.717, 1.165) is 0 Å². The highest BCUT2D eigenvalue weighted by Crippen LogP contribution is 2.15. The molecule has 0 aliphatic rings. The summed E-state index contributed by atoms with van der Waals surface area (Å²) >= 11 is 0. The molecule has 210 valence electrons. The van der Waals surface area contributed by atoms with Crippen molar-refractivity contribution in [1.29, 1.82) is 0 Å². The van der Waals surface area contributed by atoms with Gasteiger partial charge in [-0.1, -0.05) is 181 Å². The van der Waals surface area contributed by atoms with Crippen LogP contribution in [0.3, 0.4) is 0 Å². The third kappa shape index (κ3) is 45.9. The molecule has 33 heavy (non-hydrogen) atoms. The van der Waals surface area contributed by atoms with Crippen molar-refractivity contribution in [1.82, 2.24) is 30.8 Å². The second kappa shape index (κ2) is 45.3. The minimum atomic E-state index is 0. The monoisotopic (exact) mass is 480 g/mol. The molecule has 0 aliphatic heterocycles.